The van der Waals surface area contributed by atoms with Gasteiger partial charge in [-0.1, -0.05) is 65.7 Å². The largest absolute Gasteiger partial charge is 0.444 e. The lowest BCUT2D eigenvalue weighted by atomic mass is 9.81. The maximum atomic E-state index is 12.0. The van der Waals surface area contributed by atoms with E-state index in [0.717, 1.165) is 24.0 Å². The molecular weight excluding hydrogens is 559 g/mol. The van der Waals surface area contributed by atoms with Crippen molar-refractivity contribution in [2.24, 2.45) is 0 Å². The Bertz CT molecular complexity index is 1320. The maximum Gasteiger partial charge on any atom is 0.407 e. The van der Waals surface area contributed by atoms with Crippen LogP contribution in [0.2, 0.25) is 10.0 Å². The summed E-state index contributed by atoms with van der Waals surface area (Å²) in [6.07, 6.45) is 2.63. The first-order valence-corrected chi connectivity index (χ1v) is 15.0. The van der Waals surface area contributed by atoms with E-state index in [-0.39, 0.29) is 18.1 Å². The zero-order chi connectivity index (χ0) is 29.2. The Morgan fingerprint density at radius 2 is 1.56 bits per heavy atom. The van der Waals surface area contributed by atoms with Gasteiger partial charge >= 0.3 is 6.09 Å². The average molecular weight is 598 g/mol. The topological polar surface area (TPSA) is 86.7 Å². The van der Waals surface area contributed by atoms with Crippen LogP contribution in [0.15, 0.2) is 66.7 Å². The number of anilines is 1. The molecule has 218 valence electrons. The minimum absolute atomic E-state index is 0.113. The zero-order valence-electron chi connectivity index (χ0n) is 23.7. The van der Waals surface area contributed by atoms with Crippen molar-refractivity contribution in [1.29, 1.82) is 0 Å². The van der Waals surface area contributed by atoms with Gasteiger partial charge in [-0.05, 0) is 81.8 Å². The summed E-state index contributed by atoms with van der Waals surface area (Å²) in [7, 11) is 0. The molecule has 2 saturated heterocycles. The number of rotatable bonds is 8. The van der Waals surface area contributed by atoms with Crippen LogP contribution in [0, 0.1) is 0 Å². The van der Waals surface area contributed by atoms with Crippen LogP contribution >= 0.6 is 23.2 Å². The minimum Gasteiger partial charge on any atom is -0.444 e. The summed E-state index contributed by atoms with van der Waals surface area (Å²) < 4.78 is 5.28. The van der Waals surface area contributed by atoms with Crippen LogP contribution in [0.3, 0.4) is 0 Å². The van der Waals surface area contributed by atoms with E-state index in [4.69, 9.17) is 32.9 Å². The second-order valence-corrected chi connectivity index (χ2v) is 12.8. The summed E-state index contributed by atoms with van der Waals surface area (Å²) in [4.78, 5) is 19.2. The summed E-state index contributed by atoms with van der Waals surface area (Å²) in [6.45, 7) is 6.35. The highest BCUT2D eigenvalue weighted by molar-refractivity contribution is 6.32. The van der Waals surface area contributed by atoms with Gasteiger partial charge in [0.2, 0.25) is 0 Å². The Kier molecular flexibility index (Phi) is 8.81. The smallest absolute Gasteiger partial charge is 0.407 e. The summed E-state index contributed by atoms with van der Waals surface area (Å²) >= 11 is 13.5. The molecule has 0 radical (unpaired) electrons. The van der Waals surface area contributed by atoms with Crippen LogP contribution in [0.5, 0.6) is 0 Å². The number of fused-ring (bicyclic) bond motifs is 2. The van der Waals surface area contributed by atoms with Crippen LogP contribution < -0.4 is 10.6 Å². The number of aliphatic hydroxyl groups is 1. The fourth-order valence-corrected chi connectivity index (χ4v) is 6.71. The Hall–Kier alpha value is -2.84. The lowest BCUT2D eigenvalue weighted by Gasteiger charge is -2.47. The molecule has 2 atom stereocenters. The predicted octanol–water partition coefficient (Wildman–Crippen LogP) is 6.93. The number of amides is 1. The van der Waals surface area contributed by atoms with Gasteiger partial charge in [-0.3, -0.25) is 4.90 Å². The van der Waals surface area contributed by atoms with Crippen molar-refractivity contribution < 1.29 is 14.6 Å². The first-order valence-electron chi connectivity index (χ1n) is 14.2. The van der Waals surface area contributed by atoms with Crippen LogP contribution in [0.25, 0.3) is 0 Å². The third-order valence-corrected chi connectivity index (χ3v) is 8.53. The summed E-state index contributed by atoms with van der Waals surface area (Å²) in [6, 6.07) is 21.7. The highest BCUT2D eigenvalue weighted by Gasteiger charge is 2.51. The molecule has 3 heterocycles. The molecule has 1 amide bonds. The maximum absolute atomic E-state index is 12.0. The zero-order valence-corrected chi connectivity index (χ0v) is 25.3. The number of carbonyl (C=O) groups excluding carboxylic acids is 1. The van der Waals surface area contributed by atoms with Gasteiger partial charge in [-0.25, -0.2) is 9.78 Å². The lowest BCUT2D eigenvalue weighted by molar-refractivity contribution is -0.0683. The number of halogens is 2. The van der Waals surface area contributed by atoms with E-state index in [9.17, 15) is 9.90 Å². The molecule has 41 heavy (non-hydrogen) atoms. The minimum atomic E-state index is -1.06. The fraction of sp³-hybridized carbons (Fsp3) is 0.438. The van der Waals surface area contributed by atoms with Crippen LogP contribution in [0.1, 0.15) is 69.3 Å². The number of ether oxygens (including phenoxy) is 1. The van der Waals surface area contributed by atoms with Gasteiger partial charge in [-0.2, -0.15) is 0 Å². The van der Waals surface area contributed by atoms with Crippen LogP contribution in [0.4, 0.5) is 10.6 Å². The second-order valence-electron chi connectivity index (χ2n) is 12.0. The number of hydrogen-bond acceptors (Lipinski definition) is 6. The lowest BCUT2D eigenvalue weighted by Crippen LogP contribution is -2.51. The third-order valence-electron chi connectivity index (χ3n) is 7.85. The van der Waals surface area contributed by atoms with Gasteiger partial charge in [0.25, 0.3) is 0 Å². The monoisotopic (exact) mass is 596 g/mol. The molecule has 2 aliphatic heterocycles. The number of piperidine rings is 1. The third kappa shape index (κ3) is 6.81. The van der Waals surface area contributed by atoms with Crippen LogP contribution in [-0.4, -0.2) is 51.9 Å². The Labute approximate surface area is 252 Å². The van der Waals surface area contributed by atoms with Gasteiger partial charge in [0.05, 0.1) is 11.7 Å². The normalized spacial score (nSPS) is 22.5. The van der Waals surface area contributed by atoms with Gasteiger partial charge in [0, 0.05) is 35.2 Å². The number of nitrogens with zero attached hydrogens (tertiary/aromatic N) is 2. The van der Waals surface area contributed by atoms with Gasteiger partial charge in [-0.15, -0.1) is 0 Å². The first kappa shape index (κ1) is 29.6. The number of hydrogen-bond donors (Lipinski definition) is 3. The molecule has 7 nitrogen and oxygen atoms in total. The molecule has 2 fully saturated rings. The molecule has 3 aromatic rings. The van der Waals surface area contributed by atoms with Crippen molar-refractivity contribution in [1.82, 2.24) is 15.2 Å². The summed E-state index contributed by atoms with van der Waals surface area (Å²) in [5.74, 6) is 0.654. The number of alkyl carbamates (subject to hydrolysis) is 1. The standard InChI is InChI=1S/C32H38Cl2N4O3/c1-31(2,3)41-30(39)36-18-17-35-28-14-8-13-27(37-28)32(40)19-21-15-16-22(20-32)38(21)29(23-9-4-6-11-25(23)33)24-10-5-7-12-26(24)34/h4-14,21-22,29,40H,15-20H2,1-3H3,(H,35,37)(H,36,39). The average Bonchev–Trinajstić information content (AvgIpc) is 3.18. The van der Waals surface area contributed by atoms with Gasteiger partial charge in [0.1, 0.15) is 17.0 Å². The van der Waals surface area contributed by atoms with E-state index in [1.807, 2.05) is 75.4 Å². The number of carbonyl (C=O) groups is 1. The molecular formula is C32H38Cl2N4O3. The second kappa shape index (κ2) is 12.2. The van der Waals surface area contributed by atoms with E-state index >= 15 is 0 Å². The van der Waals surface area contributed by atoms with E-state index < -0.39 is 17.3 Å². The molecule has 5 rings (SSSR count). The van der Waals surface area contributed by atoms with Crippen molar-refractivity contribution in [3.05, 3.63) is 93.6 Å². The van der Waals surface area contributed by atoms with Crippen molar-refractivity contribution >= 4 is 35.1 Å². The van der Waals surface area contributed by atoms with Gasteiger partial charge < -0.3 is 20.5 Å². The molecule has 2 aromatic carbocycles. The molecule has 2 bridgehead atoms. The predicted molar refractivity (Wildman–Crippen MR) is 163 cm³/mol. The molecule has 0 saturated carbocycles. The van der Waals surface area contributed by atoms with E-state index in [0.29, 0.717) is 47.5 Å². The first-order chi connectivity index (χ1) is 19.5. The highest BCUT2D eigenvalue weighted by Crippen LogP contribution is 2.51. The Morgan fingerprint density at radius 3 is 2.12 bits per heavy atom. The highest BCUT2D eigenvalue weighted by atomic mass is 35.5. The van der Waals surface area contributed by atoms with E-state index in [1.54, 1.807) is 0 Å². The fourth-order valence-electron chi connectivity index (χ4n) is 6.23. The molecule has 0 spiro atoms. The van der Waals surface area contributed by atoms with E-state index in [1.165, 1.54) is 0 Å². The number of benzene rings is 2. The van der Waals surface area contributed by atoms with Crippen molar-refractivity contribution in [2.75, 3.05) is 18.4 Å². The van der Waals surface area contributed by atoms with Crippen molar-refractivity contribution in [3.8, 4) is 0 Å². The molecule has 2 aliphatic rings. The van der Waals surface area contributed by atoms with Crippen molar-refractivity contribution in [2.45, 2.75) is 75.8 Å². The molecule has 2 unspecified atom stereocenters. The number of pyridine rings is 1. The molecule has 0 aliphatic carbocycles. The van der Waals surface area contributed by atoms with Crippen molar-refractivity contribution in [3.63, 3.8) is 0 Å². The van der Waals surface area contributed by atoms with Gasteiger partial charge in [0.15, 0.2) is 0 Å². The summed E-state index contributed by atoms with van der Waals surface area (Å²) in [5, 5.41) is 19.4. The summed E-state index contributed by atoms with van der Waals surface area (Å²) in [5.41, 5.74) is 1.10. The Morgan fingerprint density at radius 1 is 0.976 bits per heavy atom. The molecule has 9 heteroatoms. The quantitative estimate of drug-likeness (QED) is 0.244. The number of aromatic nitrogens is 1. The Balaban J connectivity index is 1.32. The number of nitrogens with one attached hydrogen (secondary N) is 2. The molecule has 1 aromatic heterocycles. The van der Waals surface area contributed by atoms with Crippen LogP contribution in [-0.2, 0) is 10.3 Å². The molecule has 3 N–H and O–H groups in total. The van der Waals surface area contributed by atoms with E-state index in [2.05, 4.69) is 27.7 Å². The SMILES string of the molecule is CC(C)(C)OC(=O)NCCNc1cccc(C2(O)CC3CCC(C2)N3C(c2ccccc2Cl)c2ccccc2Cl)n1.